The molecule has 3 N–H and O–H groups in total. The van der Waals surface area contributed by atoms with Gasteiger partial charge >= 0.3 is 0 Å². The molecule has 0 spiro atoms. The Bertz CT molecular complexity index is 88.1. The largest absolute Gasteiger partial charge is 0.394 e. The van der Waals surface area contributed by atoms with Crippen molar-refractivity contribution in [3.8, 4) is 0 Å². The van der Waals surface area contributed by atoms with E-state index in [2.05, 4.69) is 9.78 Å². The maximum Gasteiger partial charge on any atom is 0.214 e. The van der Waals surface area contributed by atoms with Crippen LogP contribution in [0, 0.1) is 0 Å². The van der Waals surface area contributed by atoms with E-state index >= 15 is 0 Å². The highest BCUT2D eigenvalue weighted by Crippen LogP contribution is 1.93. The first-order valence-electron chi connectivity index (χ1n) is 3.57. The van der Waals surface area contributed by atoms with Crippen molar-refractivity contribution in [2.75, 3.05) is 33.0 Å². The SMILES string of the molecule is OCCOOC(CO)OCCO. The lowest BCUT2D eigenvalue weighted by Gasteiger charge is -2.13. The molecule has 0 aliphatic carbocycles. The lowest BCUT2D eigenvalue weighted by Crippen LogP contribution is -2.24. The van der Waals surface area contributed by atoms with Gasteiger partial charge in [-0.2, -0.15) is 0 Å². The third kappa shape index (κ3) is 6.47. The standard InChI is InChI=1S/C6H14O6/c7-1-3-10-6(5-9)12-11-4-2-8/h6-9H,1-5H2. The van der Waals surface area contributed by atoms with Crippen LogP contribution in [0.15, 0.2) is 0 Å². The second-order valence-corrected chi connectivity index (χ2v) is 1.85. The van der Waals surface area contributed by atoms with Crippen molar-refractivity contribution >= 4 is 0 Å². The Hall–Kier alpha value is -0.240. The van der Waals surface area contributed by atoms with Crippen LogP contribution >= 0.6 is 0 Å². The Morgan fingerprint density at radius 1 is 1.00 bits per heavy atom. The van der Waals surface area contributed by atoms with Gasteiger partial charge in [0.05, 0.1) is 26.4 Å². The zero-order chi connectivity index (χ0) is 9.23. The second-order valence-electron chi connectivity index (χ2n) is 1.85. The molecule has 0 radical (unpaired) electrons. The van der Waals surface area contributed by atoms with E-state index in [1.165, 1.54) is 0 Å². The Kier molecular flexibility index (Phi) is 8.68. The highest BCUT2D eigenvalue weighted by Gasteiger charge is 2.07. The molecule has 74 valence electrons. The van der Waals surface area contributed by atoms with E-state index in [-0.39, 0.29) is 33.0 Å². The summed E-state index contributed by atoms with van der Waals surface area (Å²) in [5, 5.41) is 25.2. The van der Waals surface area contributed by atoms with E-state index in [4.69, 9.17) is 20.1 Å². The lowest BCUT2D eigenvalue weighted by atomic mass is 10.7. The molecular weight excluding hydrogens is 168 g/mol. The minimum atomic E-state index is -0.913. The normalized spacial score (nSPS) is 13.2. The molecule has 1 atom stereocenters. The smallest absolute Gasteiger partial charge is 0.214 e. The van der Waals surface area contributed by atoms with Crippen LogP contribution in [0.25, 0.3) is 0 Å². The van der Waals surface area contributed by atoms with Crippen molar-refractivity contribution in [2.45, 2.75) is 6.29 Å². The molecule has 0 heterocycles. The van der Waals surface area contributed by atoms with Crippen LogP contribution in [0.1, 0.15) is 0 Å². The molecule has 12 heavy (non-hydrogen) atoms. The Labute approximate surface area is 70.2 Å². The first-order valence-corrected chi connectivity index (χ1v) is 3.57. The van der Waals surface area contributed by atoms with Crippen molar-refractivity contribution in [3.05, 3.63) is 0 Å². The van der Waals surface area contributed by atoms with Crippen molar-refractivity contribution in [3.63, 3.8) is 0 Å². The lowest BCUT2D eigenvalue weighted by molar-refractivity contribution is -0.385. The average molecular weight is 182 g/mol. The number of ether oxygens (including phenoxy) is 1. The highest BCUT2D eigenvalue weighted by atomic mass is 17.2. The summed E-state index contributed by atoms with van der Waals surface area (Å²) in [6.45, 7) is -0.615. The predicted octanol–water partition coefficient (Wildman–Crippen LogP) is -1.75. The van der Waals surface area contributed by atoms with Gasteiger partial charge in [-0.05, 0) is 0 Å². The molecule has 0 aromatic rings. The zero-order valence-electron chi connectivity index (χ0n) is 6.68. The minimum absolute atomic E-state index is 0.0129. The monoisotopic (exact) mass is 182 g/mol. The summed E-state index contributed by atoms with van der Waals surface area (Å²) in [6.07, 6.45) is -0.913. The topological polar surface area (TPSA) is 88.4 Å². The van der Waals surface area contributed by atoms with Gasteiger partial charge in [-0.15, -0.1) is 0 Å². The van der Waals surface area contributed by atoms with Crippen LogP contribution in [0.3, 0.4) is 0 Å². The number of aliphatic hydroxyl groups is 3. The van der Waals surface area contributed by atoms with E-state index in [0.29, 0.717) is 0 Å². The van der Waals surface area contributed by atoms with E-state index in [1.807, 2.05) is 0 Å². The van der Waals surface area contributed by atoms with Gasteiger partial charge in [0.2, 0.25) is 6.29 Å². The van der Waals surface area contributed by atoms with Gasteiger partial charge in [-0.3, -0.25) is 0 Å². The molecule has 0 aromatic heterocycles. The van der Waals surface area contributed by atoms with Crippen molar-refractivity contribution < 1.29 is 29.8 Å². The fourth-order valence-corrected chi connectivity index (χ4v) is 0.456. The maximum absolute atomic E-state index is 8.58. The molecule has 0 rings (SSSR count). The first-order chi connectivity index (χ1) is 5.85. The van der Waals surface area contributed by atoms with Gasteiger partial charge in [-0.1, -0.05) is 0 Å². The second kappa shape index (κ2) is 8.85. The molecule has 1 unspecified atom stereocenters. The molecule has 6 nitrogen and oxygen atoms in total. The van der Waals surface area contributed by atoms with Gasteiger partial charge < -0.3 is 20.1 Å². The van der Waals surface area contributed by atoms with Gasteiger partial charge in [-0.25, -0.2) is 9.78 Å². The summed E-state index contributed by atoms with van der Waals surface area (Å²) in [6, 6.07) is 0. The Balaban J connectivity index is 3.26. The molecular formula is C6H14O6. The van der Waals surface area contributed by atoms with Gasteiger partial charge in [0, 0.05) is 0 Å². The Morgan fingerprint density at radius 3 is 2.17 bits per heavy atom. The van der Waals surface area contributed by atoms with Crippen LogP contribution in [-0.2, 0) is 14.5 Å². The van der Waals surface area contributed by atoms with Crippen molar-refractivity contribution in [1.29, 1.82) is 0 Å². The van der Waals surface area contributed by atoms with Gasteiger partial charge in [0.15, 0.2) is 0 Å². The quantitative estimate of drug-likeness (QED) is 0.179. The molecule has 0 aromatic carbocycles. The molecule has 0 amide bonds. The summed E-state index contributed by atoms with van der Waals surface area (Å²) >= 11 is 0. The van der Waals surface area contributed by atoms with Crippen LogP contribution in [0.5, 0.6) is 0 Å². The zero-order valence-corrected chi connectivity index (χ0v) is 6.68. The molecule has 6 heteroatoms. The fraction of sp³-hybridized carbons (Fsp3) is 1.00. The summed E-state index contributed by atoms with van der Waals surface area (Å²) in [5.74, 6) is 0. The molecule has 0 aliphatic heterocycles. The van der Waals surface area contributed by atoms with Crippen LogP contribution in [-0.4, -0.2) is 54.6 Å². The van der Waals surface area contributed by atoms with Crippen LogP contribution < -0.4 is 0 Å². The summed E-state index contributed by atoms with van der Waals surface area (Å²) in [4.78, 5) is 8.91. The minimum Gasteiger partial charge on any atom is -0.394 e. The average Bonchev–Trinajstić information content (AvgIpc) is 2.11. The van der Waals surface area contributed by atoms with Crippen LogP contribution in [0.2, 0.25) is 0 Å². The summed E-state index contributed by atoms with van der Waals surface area (Å²) in [5.41, 5.74) is 0. The first kappa shape index (κ1) is 11.8. The molecule has 0 aliphatic rings. The van der Waals surface area contributed by atoms with Crippen molar-refractivity contribution in [1.82, 2.24) is 0 Å². The molecule has 0 bridgehead atoms. The van der Waals surface area contributed by atoms with E-state index in [0.717, 1.165) is 0 Å². The third-order valence-corrected chi connectivity index (χ3v) is 0.894. The molecule has 0 saturated heterocycles. The van der Waals surface area contributed by atoms with Crippen LogP contribution in [0.4, 0.5) is 0 Å². The predicted molar refractivity (Wildman–Crippen MR) is 38.0 cm³/mol. The Morgan fingerprint density at radius 2 is 1.67 bits per heavy atom. The fourth-order valence-electron chi connectivity index (χ4n) is 0.456. The van der Waals surface area contributed by atoms with E-state index in [1.54, 1.807) is 0 Å². The third-order valence-electron chi connectivity index (χ3n) is 0.894. The maximum atomic E-state index is 8.58. The summed E-state index contributed by atoms with van der Waals surface area (Å²) < 4.78 is 4.76. The van der Waals surface area contributed by atoms with Gasteiger partial charge in [0.1, 0.15) is 6.61 Å². The van der Waals surface area contributed by atoms with E-state index in [9.17, 15) is 0 Å². The summed E-state index contributed by atoms with van der Waals surface area (Å²) in [7, 11) is 0. The molecule has 0 fully saturated rings. The number of rotatable bonds is 8. The number of hydrogen-bond donors (Lipinski definition) is 3. The van der Waals surface area contributed by atoms with Gasteiger partial charge in [0.25, 0.3) is 0 Å². The molecule has 0 saturated carbocycles. The number of aliphatic hydroxyl groups excluding tert-OH is 3. The van der Waals surface area contributed by atoms with E-state index < -0.39 is 6.29 Å². The van der Waals surface area contributed by atoms with Crippen molar-refractivity contribution in [2.24, 2.45) is 0 Å². The highest BCUT2D eigenvalue weighted by molar-refractivity contribution is 4.35. The number of hydrogen-bond acceptors (Lipinski definition) is 6.